The first kappa shape index (κ1) is 17.8. The zero-order valence-corrected chi connectivity index (χ0v) is 15.4. The summed E-state index contributed by atoms with van der Waals surface area (Å²) in [5, 5.41) is 0.556. The van der Waals surface area contributed by atoms with Gasteiger partial charge in [-0.3, -0.25) is 9.69 Å². The molecule has 5 nitrogen and oxygen atoms in total. The fourth-order valence-corrected chi connectivity index (χ4v) is 3.64. The second-order valence-corrected chi connectivity index (χ2v) is 6.94. The number of nitrogens with zero attached hydrogens (tertiary/aromatic N) is 3. The minimum Gasteiger partial charge on any atom is -0.306 e. The van der Waals surface area contributed by atoms with Crippen LogP contribution in [0.5, 0.6) is 0 Å². The Kier molecular flexibility index (Phi) is 5.01. The summed E-state index contributed by atoms with van der Waals surface area (Å²) in [5.41, 5.74) is 2.08. The zero-order valence-electron chi connectivity index (χ0n) is 15.4. The summed E-state index contributed by atoms with van der Waals surface area (Å²) < 4.78 is 13.9. The SMILES string of the molecule is CCN1CCN(Cc2cc(F)ccc2-c2nc3ccccc3c(=O)[nH]2)CC1. The van der Waals surface area contributed by atoms with Crippen LogP contribution in [0.1, 0.15) is 12.5 Å². The lowest BCUT2D eigenvalue weighted by Gasteiger charge is -2.34. The Morgan fingerprint density at radius 1 is 1.07 bits per heavy atom. The van der Waals surface area contributed by atoms with Gasteiger partial charge in [0.2, 0.25) is 0 Å². The van der Waals surface area contributed by atoms with E-state index < -0.39 is 0 Å². The van der Waals surface area contributed by atoms with Crippen LogP contribution in [-0.2, 0) is 6.54 Å². The Hall–Kier alpha value is -2.57. The molecule has 1 fully saturated rings. The lowest BCUT2D eigenvalue weighted by Crippen LogP contribution is -2.45. The van der Waals surface area contributed by atoms with E-state index in [2.05, 4.69) is 26.7 Å². The van der Waals surface area contributed by atoms with Gasteiger partial charge in [0.05, 0.1) is 10.9 Å². The van der Waals surface area contributed by atoms with E-state index >= 15 is 0 Å². The predicted octanol–water partition coefficient (Wildman–Crippen LogP) is 2.87. The van der Waals surface area contributed by atoms with Crippen molar-refractivity contribution in [3.63, 3.8) is 0 Å². The standard InChI is InChI=1S/C21H23FN4O/c1-2-25-9-11-26(12-10-25)14-15-13-16(22)7-8-17(15)20-23-19-6-4-3-5-18(19)21(27)24-20/h3-8,13H,2,9-12,14H2,1H3,(H,23,24,27). The molecule has 1 N–H and O–H groups in total. The van der Waals surface area contributed by atoms with Crippen molar-refractivity contribution in [2.24, 2.45) is 0 Å². The van der Waals surface area contributed by atoms with Gasteiger partial charge in [0.15, 0.2) is 0 Å². The molecule has 0 atom stereocenters. The molecule has 1 aliphatic rings. The maximum absolute atomic E-state index is 13.9. The summed E-state index contributed by atoms with van der Waals surface area (Å²) in [7, 11) is 0. The van der Waals surface area contributed by atoms with Crippen molar-refractivity contribution in [2.45, 2.75) is 13.5 Å². The third-order valence-corrected chi connectivity index (χ3v) is 5.24. The molecule has 6 heteroatoms. The Morgan fingerprint density at radius 3 is 2.59 bits per heavy atom. The summed E-state index contributed by atoms with van der Waals surface area (Å²) in [6.45, 7) is 7.81. The lowest BCUT2D eigenvalue weighted by molar-refractivity contribution is 0.132. The van der Waals surface area contributed by atoms with Crippen LogP contribution in [0.15, 0.2) is 47.3 Å². The summed E-state index contributed by atoms with van der Waals surface area (Å²) in [6.07, 6.45) is 0. The highest BCUT2D eigenvalue weighted by molar-refractivity contribution is 5.79. The monoisotopic (exact) mass is 366 g/mol. The van der Waals surface area contributed by atoms with Crippen molar-refractivity contribution in [3.8, 4) is 11.4 Å². The van der Waals surface area contributed by atoms with Gasteiger partial charge in [0.25, 0.3) is 5.56 Å². The van der Waals surface area contributed by atoms with Gasteiger partial charge >= 0.3 is 0 Å². The first-order valence-electron chi connectivity index (χ1n) is 9.36. The number of para-hydroxylation sites is 1. The summed E-state index contributed by atoms with van der Waals surface area (Å²) in [4.78, 5) is 24.6. The van der Waals surface area contributed by atoms with E-state index in [0.717, 1.165) is 43.9 Å². The lowest BCUT2D eigenvalue weighted by atomic mass is 10.0. The molecular weight excluding hydrogens is 343 g/mol. The first-order valence-corrected chi connectivity index (χ1v) is 9.36. The number of likely N-dealkylation sites (N-methyl/N-ethyl adjacent to an activating group) is 1. The molecule has 2 heterocycles. The largest absolute Gasteiger partial charge is 0.306 e. The van der Waals surface area contributed by atoms with Crippen molar-refractivity contribution < 1.29 is 4.39 Å². The summed E-state index contributed by atoms with van der Waals surface area (Å²) in [6, 6.07) is 11.9. The van der Waals surface area contributed by atoms with Crippen LogP contribution in [0.25, 0.3) is 22.3 Å². The number of piperazine rings is 1. The molecule has 4 rings (SSSR count). The summed E-state index contributed by atoms with van der Waals surface area (Å²) in [5.74, 6) is 0.213. The second-order valence-electron chi connectivity index (χ2n) is 6.94. The van der Waals surface area contributed by atoms with Crippen molar-refractivity contribution in [3.05, 3.63) is 64.2 Å². The van der Waals surface area contributed by atoms with E-state index in [9.17, 15) is 9.18 Å². The minimum atomic E-state index is -0.274. The number of benzene rings is 2. The fraction of sp³-hybridized carbons (Fsp3) is 0.333. The van der Waals surface area contributed by atoms with Crippen molar-refractivity contribution in [2.75, 3.05) is 32.7 Å². The molecule has 1 saturated heterocycles. The number of H-pyrrole nitrogens is 1. The van der Waals surface area contributed by atoms with Gasteiger partial charge in [0.1, 0.15) is 11.6 Å². The fourth-order valence-electron chi connectivity index (χ4n) is 3.64. The maximum atomic E-state index is 13.9. The molecule has 0 saturated carbocycles. The molecule has 2 aromatic carbocycles. The van der Waals surface area contributed by atoms with Gasteiger partial charge in [-0.15, -0.1) is 0 Å². The van der Waals surface area contributed by atoms with E-state index in [1.807, 2.05) is 18.2 Å². The Bertz CT molecular complexity index is 1010. The Balaban J connectivity index is 1.69. The van der Waals surface area contributed by atoms with E-state index in [4.69, 9.17) is 0 Å². The Labute approximate surface area is 157 Å². The normalized spacial score (nSPS) is 16.1. The number of aromatic amines is 1. The van der Waals surface area contributed by atoms with Gasteiger partial charge in [-0.1, -0.05) is 19.1 Å². The molecule has 0 aliphatic carbocycles. The average molecular weight is 366 g/mol. The van der Waals surface area contributed by atoms with Gasteiger partial charge in [-0.2, -0.15) is 0 Å². The van der Waals surface area contributed by atoms with Crippen molar-refractivity contribution in [1.29, 1.82) is 0 Å². The van der Waals surface area contributed by atoms with E-state index in [-0.39, 0.29) is 11.4 Å². The van der Waals surface area contributed by atoms with Crippen LogP contribution in [0, 0.1) is 5.82 Å². The zero-order chi connectivity index (χ0) is 18.8. The van der Waals surface area contributed by atoms with Crippen LogP contribution >= 0.6 is 0 Å². The maximum Gasteiger partial charge on any atom is 0.259 e. The topological polar surface area (TPSA) is 52.2 Å². The van der Waals surface area contributed by atoms with Gasteiger partial charge in [-0.25, -0.2) is 9.37 Å². The smallest absolute Gasteiger partial charge is 0.259 e. The third-order valence-electron chi connectivity index (χ3n) is 5.24. The molecular formula is C21H23FN4O. The third kappa shape index (κ3) is 3.77. The van der Waals surface area contributed by atoms with Gasteiger partial charge < -0.3 is 9.88 Å². The van der Waals surface area contributed by atoms with E-state index in [1.165, 1.54) is 6.07 Å². The number of halogens is 1. The highest BCUT2D eigenvalue weighted by Gasteiger charge is 2.18. The number of fused-ring (bicyclic) bond motifs is 1. The number of aromatic nitrogens is 2. The molecule has 0 amide bonds. The van der Waals surface area contributed by atoms with Crippen LogP contribution in [-0.4, -0.2) is 52.5 Å². The van der Waals surface area contributed by atoms with Crippen molar-refractivity contribution >= 4 is 10.9 Å². The van der Waals surface area contributed by atoms with Crippen molar-refractivity contribution in [1.82, 2.24) is 19.8 Å². The molecule has 140 valence electrons. The minimum absolute atomic E-state index is 0.178. The van der Waals surface area contributed by atoms with E-state index in [1.54, 1.807) is 18.2 Å². The van der Waals surface area contributed by atoms with Gasteiger partial charge in [-0.05, 0) is 42.4 Å². The molecule has 0 unspecified atom stereocenters. The predicted molar refractivity (Wildman–Crippen MR) is 105 cm³/mol. The van der Waals surface area contributed by atoms with Gasteiger partial charge in [0, 0.05) is 38.3 Å². The molecule has 0 spiro atoms. The molecule has 3 aromatic rings. The molecule has 27 heavy (non-hydrogen) atoms. The highest BCUT2D eigenvalue weighted by Crippen LogP contribution is 2.24. The second kappa shape index (κ2) is 7.58. The molecule has 1 aliphatic heterocycles. The number of nitrogens with one attached hydrogen (secondary N) is 1. The molecule has 0 radical (unpaired) electrons. The average Bonchev–Trinajstić information content (AvgIpc) is 2.69. The van der Waals surface area contributed by atoms with Crippen LogP contribution in [0.4, 0.5) is 4.39 Å². The quantitative estimate of drug-likeness (QED) is 0.771. The van der Waals surface area contributed by atoms with Crippen LogP contribution < -0.4 is 5.56 Å². The number of hydrogen-bond donors (Lipinski definition) is 1. The summed E-state index contributed by atoms with van der Waals surface area (Å²) >= 11 is 0. The molecule has 1 aromatic heterocycles. The molecule has 0 bridgehead atoms. The van der Waals surface area contributed by atoms with E-state index in [0.29, 0.717) is 23.3 Å². The number of rotatable bonds is 4. The highest BCUT2D eigenvalue weighted by atomic mass is 19.1. The number of hydrogen-bond acceptors (Lipinski definition) is 4. The first-order chi connectivity index (χ1) is 13.1. The van der Waals surface area contributed by atoms with Crippen LogP contribution in [0.2, 0.25) is 0 Å². The van der Waals surface area contributed by atoms with Crippen LogP contribution in [0.3, 0.4) is 0 Å². The Morgan fingerprint density at radius 2 is 1.81 bits per heavy atom.